The Labute approximate surface area is 135 Å². The van der Waals surface area contributed by atoms with Crippen LogP contribution >= 0.6 is 0 Å². The van der Waals surface area contributed by atoms with Crippen LogP contribution in [0.3, 0.4) is 0 Å². The minimum absolute atomic E-state index is 0.330. The van der Waals surface area contributed by atoms with Crippen molar-refractivity contribution in [2.45, 2.75) is 20.3 Å². The van der Waals surface area contributed by atoms with Gasteiger partial charge in [-0.1, -0.05) is 19.1 Å². The molecule has 4 heteroatoms. The van der Waals surface area contributed by atoms with Crippen molar-refractivity contribution in [2.75, 3.05) is 6.61 Å². The maximum atomic E-state index is 11.8. The quantitative estimate of drug-likeness (QED) is 0.766. The van der Waals surface area contributed by atoms with Gasteiger partial charge in [-0.3, -0.25) is 0 Å². The summed E-state index contributed by atoms with van der Waals surface area (Å²) < 4.78 is 7.48. The minimum atomic E-state index is -0.916. The van der Waals surface area contributed by atoms with Crippen molar-refractivity contribution in [1.29, 1.82) is 0 Å². The Bertz CT molecular complexity index is 864. The number of benzene rings is 1. The topological polar surface area (TPSA) is 50.9 Å². The molecule has 0 aliphatic carbocycles. The first kappa shape index (κ1) is 15.2. The van der Waals surface area contributed by atoms with E-state index in [9.17, 15) is 9.90 Å². The zero-order valence-electron chi connectivity index (χ0n) is 13.2. The van der Waals surface area contributed by atoms with E-state index in [4.69, 9.17) is 4.74 Å². The molecule has 0 aliphatic heterocycles. The number of aromatic nitrogens is 1. The van der Waals surface area contributed by atoms with Crippen molar-refractivity contribution < 1.29 is 14.6 Å². The third-order valence-electron chi connectivity index (χ3n) is 3.95. The predicted molar refractivity (Wildman–Crippen MR) is 90.3 cm³/mol. The minimum Gasteiger partial charge on any atom is -0.494 e. The second kappa shape index (κ2) is 6.16. The summed E-state index contributed by atoms with van der Waals surface area (Å²) in [5.41, 5.74) is 3.72. The fourth-order valence-corrected chi connectivity index (χ4v) is 2.89. The van der Waals surface area contributed by atoms with Gasteiger partial charge in [0.2, 0.25) is 0 Å². The molecule has 0 radical (unpaired) electrons. The lowest BCUT2D eigenvalue weighted by Gasteiger charge is -2.11. The molecule has 1 N–H and O–H groups in total. The number of hydrogen-bond donors (Lipinski definition) is 1. The first-order chi connectivity index (χ1) is 11.2. The van der Waals surface area contributed by atoms with E-state index in [0.29, 0.717) is 17.7 Å². The van der Waals surface area contributed by atoms with E-state index >= 15 is 0 Å². The summed E-state index contributed by atoms with van der Waals surface area (Å²) in [6.45, 7) is 4.63. The van der Waals surface area contributed by atoms with Crippen LogP contribution in [-0.4, -0.2) is 22.1 Å². The highest BCUT2D eigenvalue weighted by atomic mass is 16.5. The van der Waals surface area contributed by atoms with Gasteiger partial charge in [0.05, 0.1) is 17.7 Å². The molecule has 0 bridgehead atoms. The van der Waals surface area contributed by atoms with Crippen molar-refractivity contribution in [1.82, 2.24) is 4.40 Å². The van der Waals surface area contributed by atoms with Crippen LogP contribution in [0.15, 0.2) is 48.8 Å². The molecule has 0 unspecified atom stereocenters. The smallest absolute Gasteiger partial charge is 0.338 e. The van der Waals surface area contributed by atoms with Crippen LogP contribution < -0.4 is 4.74 Å². The van der Waals surface area contributed by atoms with Gasteiger partial charge in [-0.05, 0) is 48.7 Å². The molecule has 0 spiro atoms. The Hall–Kier alpha value is -2.75. The molecule has 1 aromatic carbocycles. The number of rotatable bonds is 5. The molecule has 118 valence electrons. The molecule has 0 aliphatic rings. The summed E-state index contributed by atoms with van der Waals surface area (Å²) in [5, 5.41) is 9.64. The average Bonchev–Trinajstić information content (AvgIpc) is 2.95. The van der Waals surface area contributed by atoms with Crippen molar-refractivity contribution in [2.24, 2.45) is 0 Å². The van der Waals surface area contributed by atoms with E-state index in [1.54, 1.807) is 0 Å². The lowest BCUT2D eigenvalue weighted by atomic mass is 10.00. The Morgan fingerprint density at radius 3 is 2.74 bits per heavy atom. The zero-order valence-corrected chi connectivity index (χ0v) is 13.2. The maximum absolute atomic E-state index is 11.8. The molecule has 0 saturated heterocycles. The molecule has 4 nitrogen and oxygen atoms in total. The fraction of sp³-hybridized carbons (Fsp3) is 0.211. The number of nitrogens with zero attached hydrogens (tertiary/aromatic N) is 1. The molecule has 23 heavy (non-hydrogen) atoms. The van der Waals surface area contributed by atoms with Crippen molar-refractivity contribution >= 4 is 11.5 Å². The summed E-state index contributed by atoms with van der Waals surface area (Å²) in [6.07, 6.45) is 4.56. The molecule has 2 heterocycles. The lowest BCUT2D eigenvalue weighted by molar-refractivity contribution is 0.0700. The van der Waals surface area contributed by atoms with Crippen LogP contribution in [0.5, 0.6) is 5.75 Å². The number of carbonyl (C=O) groups is 1. The summed E-state index contributed by atoms with van der Waals surface area (Å²) in [5.74, 6) is -0.0555. The van der Waals surface area contributed by atoms with Crippen LogP contribution in [0, 0.1) is 0 Å². The summed E-state index contributed by atoms with van der Waals surface area (Å²) in [4.78, 5) is 11.8. The van der Waals surface area contributed by atoms with Gasteiger partial charge in [0, 0.05) is 18.0 Å². The Balaban J connectivity index is 2.20. The average molecular weight is 309 g/mol. The molecule has 0 fully saturated rings. The molecular weight excluding hydrogens is 290 g/mol. The normalized spacial score (nSPS) is 10.9. The van der Waals surface area contributed by atoms with E-state index < -0.39 is 5.97 Å². The van der Waals surface area contributed by atoms with Crippen LogP contribution in [0.25, 0.3) is 16.6 Å². The summed E-state index contributed by atoms with van der Waals surface area (Å²) >= 11 is 0. The highest BCUT2D eigenvalue weighted by Crippen LogP contribution is 2.32. The van der Waals surface area contributed by atoms with Gasteiger partial charge < -0.3 is 14.2 Å². The second-order valence-electron chi connectivity index (χ2n) is 5.33. The number of pyridine rings is 1. The van der Waals surface area contributed by atoms with Crippen molar-refractivity contribution in [3.8, 4) is 16.9 Å². The number of fused-ring (bicyclic) bond motifs is 1. The molecule has 3 aromatic rings. The second-order valence-corrected chi connectivity index (χ2v) is 5.33. The third kappa shape index (κ3) is 2.68. The summed E-state index contributed by atoms with van der Waals surface area (Å²) in [7, 11) is 0. The van der Waals surface area contributed by atoms with Crippen LogP contribution in [-0.2, 0) is 6.42 Å². The van der Waals surface area contributed by atoms with E-state index in [0.717, 1.165) is 28.9 Å². The van der Waals surface area contributed by atoms with Gasteiger partial charge in [0.25, 0.3) is 0 Å². The standard InChI is InChI=1S/C19H19NO3/c1-3-13-11-14(8-9-17(13)23-4-2)15-12-20-10-6-5-7-16(20)18(15)19(21)22/h5-12H,3-4H2,1-2H3,(H,21,22). The van der Waals surface area contributed by atoms with Crippen molar-refractivity contribution in [3.05, 3.63) is 59.9 Å². The van der Waals surface area contributed by atoms with E-state index in [2.05, 4.69) is 6.92 Å². The largest absolute Gasteiger partial charge is 0.494 e. The van der Waals surface area contributed by atoms with Gasteiger partial charge in [-0.15, -0.1) is 0 Å². The third-order valence-corrected chi connectivity index (χ3v) is 3.95. The first-order valence-electron chi connectivity index (χ1n) is 7.74. The van der Waals surface area contributed by atoms with E-state index in [1.165, 1.54) is 0 Å². The lowest BCUT2D eigenvalue weighted by Crippen LogP contribution is -1.99. The van der Waals surface area contributed by atoms with Gasteiger partial charge in [0.1, 0.15) is 5.75 Å². The molecule has 2 aromatic heterocycles. The van der Waals surface area contributed by atoms with Gasteiger partial charge in [-0.2, -0.15) is 0 Å². The van der Waals surface area contributed by atoms with E-state index in [-0.39, 0.29) is 0 Å². The number of hydrogen-bond acceptors (Lipinski definition) is 2. The molecule has 3 rings (SSSR count). The number of aromatic carboxylic acids is 1. The number of ether oxygens (including phenoxy) is 1. The van der Waals surface area contributed by atoms with Crippen LogP contribution in [0.2, 0.25) is 0 Å². The zero-order chi connectivity index (χ0) is 16.4. The Morgan fingerprint density at radius 2 is 2.04 bits per heavy atom. The SMILES string of the molecule is CCOc1ccc(-c2cn3ccccc3c2C(=O)O)cc1CC. The monoisotopic (exact) mass is 309 g/mol. The maximum Gasteiger partial charge on any atom is 0.338 e. The first-order valence-corrected chi connectivity index (χ1v) is 7.74. The van der Waals surface area contributed by atoms with E-state index in [1.807, 2.05) is 60.1 Å². The van der Waals surface area contributed by atoms with Gasteiger partial charge in [0.15, 0.2) is 0 Å². The van der Waals surface area contributed by atoms with Crippen LogP contribution in [0.1, 0.15) is 29.8 Å². The molecule has 0 amide bonds. The number of carboxylic acids is 1. The van der Waals surface area contributed by atoms with Crippen LogP contribution in [0.4, 0.5) is 0 Å². The number of carboxylic acid groups (broad SMARTS) is 1. The summed E-state index contributed by atoms with van der Waals surface area (Å²) in [6, 6.07) is 11.4. The Kier molecular flexibility index (Phi) is 4.06. The van der Waals surface area contributed by atoms with Gasteiger partial charge >= 0.3 is 5.97 Å². The fourth-order valence-electron chi connectivity index (χ4n) is 2.89. The number of aryl methyl sites for hydroxylation is 1. The predicted octanol–water partition coefficient (Wildman–Crippen LogP) is 4.27. The highest BCUT2D eigenvalue weighted by Gasteiger charge is 2.19. The van der Waals surface area contributed by atoms with Crippen molar-refractivity contribution in [3.63, 3.8) is 0 Å². The highest BCUT2D eigenvalue weighted by molar-refractivity contribution is 6.03. The van der Waals surface area contributed by atoms with Gasteiger partial charge in [-0.25, -0.2) is 4.79 Å². The Morgan fingerprint density at radius 1 is 1.22 bits per heavy atom. The molecular formula is C19H19NO3. The molecule has 0 atom stereocenters. The molecule has 0 saturated carbocycles.